The first-order valence-corrected chi connectivity index (χ1v) is 15.5. The topological polar surface area (TPSA) is 17.1 Å². The number of ketones is 1. The Balaban J connectivity index is 2.67. The van der Waals surface area contributed by atoms with Crippen molar-refractivity contribution in [3.05, 3.63) is 0 Å². The van der Waals surface area contributed by atoms with Gasteiger partial charge in [-0.1, -0.05) is 0 Å². The van der Waals surface area contributed by atoms with Crippen molar-refractivity contribution in [1.82, 2.24) is 0 Å². The second-order valence-corrected chi connectivity index (χ2v) is 21.9. The van der Waals surface area contributed by atoms with Crippen molar-refractivity contribution in [2.75, 3.05) is 0 Å². The molecule has 1 unspecified atom stereocenters. The van der Waals surface area contributed by atoms with Crippen LogP contribution >= 0.6 is 0 Å². The third-order valence-electron chi connectivity index (χ3n) is 3.53. The van der Waals surface area contributed by atoms with Crippen LogP contribution in [-0.4, -0.2) is 24.2 Å². The van der Waals surface area contributed by atoms with Gasteiger partial charge >= 0.3 is 86.2 Å². The summed E-state index contributed by atoms with van der Waals surface area (Å²) in [7, 11) is 0. The van der Waals surface area contributed by atoms with Crippen LogP contribution in [0.15, 0.2) is 0 Å². The fourth-order valence-corrected chi connectivity index (χ4v) is 7.18. The van der Waals surface area contributed by atoms with Gasteiger partial charge in [0, 0.05) is 0 Å². The Morgan fingerprint density at radius 2 is 1.85 bits per heavy atom. The van der Waals surface area contributed by atoms with E-state index in [1.807, 2.05) is 0 Å². The molecule has 0 aromatic carbocycles. The van der Waals surface area contributed by atoms with Gasteiger partial charge in [-0.25, -0.2) is 0 Å². The van der Waals surface area contributed by atoms with Crippen molar-refractivity contribution in [2.24, 2.45) is 5.41 Å². The molecule has 2 heteroatoms. The summed E-state index contributed by atoms with van der Waals surface area (Å²) in [4.78, 5) is 19.2. The molecule has 1 rings (SSSR count). The number of hydrogen-bond acceptors (Lipinski definition) is 1. The zero-order chi connectivity index (χ0) is 10.3. The molecule has 1 atom stereocenters. The summed E-state index contributed by atoms with van der Waals surface area (Å²) in [5.74, 6) is 0.510. The van der Waals surface area contributed by atoms with E-state index in [0.717, 1.165) is 16.8 Å². The molecule has 0 amide bonds. The van der Waals surface area contributed by atoms with Crippen LogP contribution in [0.5, 0.6) is 0 Å². The van der Waals surface area contributed by atoms with Crippen molar-refractivity contribution in [3.8, 4) is 0 Å². The second kappa shape index (κ2) is 3.56. The summed E-state index contributed by atoms with van der Waals surface area (Å²) in [5, 5.41) is 0. The number of hydrogen-bond donors (Lipinski definition) is 0. The van der Waals surface area contributed by atoms with E-state index in [9.17, 15) is 4.79 Å². The van der Waals surface area contributed by atoms with E-state index >= 15 is 0 Å². The van der Waals surface area contributed by atoms with Crippen LogP contribution < -0.4 is 0 Å². The van der Waals surface area contributed by atoms with Gasteiger partial charge in [-0.2, -0.15) is 0 Å². The first-order chi connectivity index (χ1) is 5.73. The van der Waals surface area contributed by atoms with Gasteiger partial charge in [0.05, 0.1) is 0 Å². The van der Waals surface area contributed by atoms with E-state index in [0.29, 0.717) is 5.78 Å². The summed E-state index contributed by atoms with van der Waals surface area (Å²) < 4.78 is 0.801. The molecule has 0 heterocycles. The Kier molecular flexibility index (Phi) is 3.16. The molecule has 76 valence electrons. The molecule has 1 nitrogen and oxygen atoms in total. The zero-order valence-electron chi connectivity index (χ0n) is 9.61. The van der Waals surface area contributed by atoms with Gasteiger partial charge in [0.2, 0.25) is 0 Å². The fourth-order valence-electron chi connectivity index (χ4n) is 2.02. The molecular formula is C11H22OSn. The van der Waals surface area contributed by atoms with E-state index in [1.165, 1.54) is 6.42 Å². The minimum atomic E-state index is -1.79. The van der Waals surface area contributed by atoms with Crippen LogP contribution in [0.4, 0.5) is 0 Å². The van der Waals surface area contributed by atoms with Crippen molar-refractivity contribution >= 4 is 24.2 Å². The number of carbonyl (C=O) groups excluding carboxylic acids is 1. The van der Waals surface area contributed by atoms with E-state index in [2.05, 4.69) is 28.7 Å². The SMILES string of the molecule is CC1(C)CC[CH]([Sn]([CH3])([CH3])[CH3])CC1=O. The van der Waals surface area contributed by atoms with Gasteiger partial charge in [0.1, 0.15) is 0 Å². The summed E-state index contributed by atoms with van der Waals surface area (Å²) in [6.07, 6.45) is 3.30. The van der Waals surface area contributed by atoms with Gasteiger partial charge in [0.15, 0.2) is 0 Å². The molecule has 1 aliphatic carbocycles. The molecule has 1 fully saturated rings. The Bertz CT molecular complexity index is 213. The maximum absolute atomic E-state index is 11.8. The van der Waals surface area contributed by atoms with Crippen LogP contribution in [-0.2, 0) is 4.79 Å². The molecule has 0 spiro atoms. The van der Waals surface area contributed by atoms with Crippen molar-refractivity contribution in [1.29, 1.82) is 0 Å². The average Bonchev–Trinajstić information content (AvgIpc) is 1.92. The number of rotatable bonds is 1. The molecule has 0 radical (unpaired) electrons. The quantitative estimate of drug-likeness (QED) is 0.675. The number of carbonyl (C=O) groups is 1. The van der Waals surface area contributed by atoms with E-state index in [4.69, 9.17) is 0 Å². The summed E-state index contributed by atoms with van der Waals surface area (Å²) >= 11 is -1.79. The normalized spacial score (nSPS) is 29.0. The molecule has 1 aliphatic rings. The van der Waals surface area contributed by atoms with Crippen LogP contribution in [0.2, 0.25) is 18.8 Å². The molecule has 0 aromatic heterocycles. The molecule has 13 heavy (non-hydrogen) atoms. The van der Waals surface area contributed by atoms with E-state index in [1.54, 1.807) is 0 Å². The van der Waals surface area contributed by atoms with Crippen molar-refractivity contribution in [2.45, 2.75) is 51.9 Å². The first-order valence-electron chi connectivity index (χ1n) is 5.27. The van der Waals surface area contributed by atoms with E-state index < -0.39 is 18.4 Å². The molecule has 0 aromatic rings. The third-order valence-corrected chi connectivity index (χ3v) is 11.9. The van der Waals surface area contributed by atoms with Gasteiger partial charge in [-0.15, -0.1) is 0 Å². The molecular weight excluding hydrogens is 267 g/mol. The van der Waals surface area contributed by atoms with Crippen LogP contribution in [0, 0.1) is 5.41 Å². The Labute approximate surface area is 86.2 Å². The maximum atomic E-state index is 11.8. The Morgan fingerprint density at radius 1 is 1.31 bits per heavy atom. The van der Waals surface area contributed by atoms with Crippen LogP contribution in [0.25, 0.3) is 0 Å². The van der Waals surface area contributed by atoms with E-state index in [-0.39, 0.29) is 5.41 Å². The third kappa shape index (κ3) is 2.71. The minimum absolute atomic E-state index is 0.0202. The van der Waals surface area contributed by atoms with Gasteiger partial charge in [-0.3, -0.25) is 0 Å². The standard InChI is InChI=1S/C8H13O.3CH3.Sn/c1-8(2)6-4-3-5-7(8)9;;;;/h3H,4-6H2,1-2H3;3*1H3;. The van der Waals surface area contributed by atoms with Crippen molar-refractivity contribution in [3.63, 3.8) is 0 Å². The van der Waals surface area contributed by atoms with Crippen LogP contribution in [0.1, 0.15) is 33.1 Å². The number of Topliss-reactive ketones (excluding diaryl/α,β-unsaturated/α-hetero) is 1. The van der Waals surface area contributed by atoms with Gasteiger partial charge in [-0.05, 0) is 0 Å². The monoisotopic (exact) mass is 290 g/mol. The van der Waals surface area contributed by atoms with Gasteiger partial charge in [0.25, 0.3) is 0 Å². The fraction of sp³-hybridized carbons (Fsp3) is 0.909. The zero-order valence-corrected chi connectivity index (χ0v) is 12.5. The van der Waals surface area contributed by atoms with Crippen LogP contribution in [0.3, 0.4) is 0 Å². The van der Waals surface area contributed by atoms with Crippen molar-refractivity contribution < 1.29 is 4.79 Å². The predicted molar refractivity (Wildman–Crippen MR) is 59.7 cm³/mol. The second-order valence-electron chi connectivity index (χ2n) is 6.11. The molecule has 1 saturated carbocycles. The summed E-state index contributed by atoms with van der Waals surface area (Å²) in [6, 6.07) is 0. The molecule has 0 N–H and O–H groups in total. The first kappa shape index (κ1) is 11.5. The Hall–Kier alpha value is 0.469. The Morgan fingerprint density at radius 3 is 2.23 bits per heavy atom. The summed E-state index contributed by atoms with van der Waals surface area (Å²) in [6.45, 7) is 4.20. The molecule has 0 aliphatic heterocycles. The average molecular weight is 289 g/mol. The molecule has 0 bridgehead atoms. The summed E-state index contributed by atoms with van der Waals surface area (Å²) in [5.41, 5.74) is -0.0202. The molecule has 0 saturated heterocycles. The van der Waals surface area contributed by atoms with Gasteiger partial charge < -0.3 is 0 Å². The predicted octanol–water partition coefficient (Wildman–Crippen LogP) is 3.47.